The molecular weight excluding hydrogens is 890 g/mol. The number of benzene rings is 3. The zero-order valence-electron chi connectivity index (χ0n) is 37.2. The van der Waals surface area contributed by atoms with Crippen LogP contribution in [0.3, 0.4) is 0 Å². The van der Waals surface area contributed by atoms with Crippen molar-refractivity contribution < 1.29 is 37.7 Å². The number of H-pyrrole nitrogens is 1. The van der Waals surface area contributed by atoms with Gasteiger partial charge in [0.15, 0.2) is 0 Å². The molecule has 0 radical (unpaired) electrons. The number of nitrogens with one attached hydrogen (secondary N) is 2. The van der Waals surface area contributed by atoms with Crippen molar-refractivity contribution in [3.8, 4) is 11.4 Å². The van der Waals surface area contributed by atoms with Crippen LogP contribution in [0.1, 0.15) is 77.8 Å². The summed E-state index contributed by atoms with van der Waals surface area (Å²) in [5.41, 5.74) is 11.3. The number of pyridine rings is 2. The maximum Gasteiger partial charge on any atom is 0.338 e. The van der Waals surface area contributed by atoms with Gasteiger partial charge in [0.05, 0.1) is 89.2 Å². The monoisotopic (exact) mass is 935 g/mol. The first-order chi connectivity index (χ1) is 32.7. The number of carbonyl (C=O) groups is 2. The predicted octanol–water partition coefficient (Wildman–Crippen LogP) is 7.85. The number of rotatable bonds is 11. The summed E-state index contributed by atoms with van der Waals surface area (Å²) in [5.74, 6) is -1.97. The fourth-order valence-corrected chi connectivity index (χ4v) is 7.71. The van der Waals surface area contributed by atoms with Crippen molar-refractivity contribution in [1.29, 1.82) is 0 Å². The lowest BCUT2D eigenvalue weighted by Gasteiger charge is -2.15. The fourth-order valence-electron chi connectivity index (χ4n) is 6.59. The summed E-state index contributed by atoms with van der Waals surface area (Å²) in [5, 5.41) is 32.6. The Morgan fingerprint density at radius 2 is 1.33 bits per heavy atom. The second kappa shape index (κ2) is 21.8. The second-order valence-corrected chi connectivity index (χ2v) is 16.3. The Morgan fingerprint density at radius 1 is 0.791 bits per heavy atom. The first kappa shape index (κ1) is 46.9. The third-order valence-electron chi connectivity index (χ3n) is 10.2. The number of hydrogen-bond donors (Lipinski definition) is 4. The van der Waals surface area contributed by atoms with Gasteiger partial charge in [-0.05, 0) is 92.6 Å². The van der Waals surface area contributed by atoms with Crippen LogP contribution >= 0.6 is 0 Å². The molecule has 0 aliphatic heterocycles. The molecule has 9 rings (SSSR count). The molecule has 5 N–H and O–H groups in total. The van der Waals surface area contributed by atoms with Crippen LogP contribution in [-0.4, -0.2) is 81.5 Å². The molecule has 0 aliphatic carbocycles. The van der Waals surface area contributed by atoms with Gasteiger partial charge in [0.1, 0.15) is 11.6 Å². The molecule has 2 atom stereocenters. The summed E-state index contributed by atoms with van der Waals surface area (Å²) >= 11 is 0. The Bertz CT molecular complexity index is 3200. The second-order valence-electron chi connectivity index (χ2n) is 14.5. The van der Waals surface area contributed by atoms with E-state index in [1.54, 1.807) is 77.9 Å². The third-order valence-corrected chi connectivity index (χ3v) is 11.8. The first-order valence-corrected chi connectivity index (χ1v) is 21.8. The van der Waals surface area contributed by atoms with Crippen LogP contribution in [0.15, 0.2) is 139 Å². The van der Waals surface area contributed by atoms with E-state index in [2.05, 4.69) is 40.8 Å². The van der Waals surface area contributed by atoms with Crippen molar-refractivity contribution in [3.63, 3.8) is 0 Å². The van der Waals surface area contributed by atoms with Crippen LogP contribution < -0.4 is 11.1 Å². The molecule has 0 saturated carbocycles. The molecule has 17 nitrogen and oxygen atoms in total. The Labute approximate surface area is 383 Å². The highest BCUT2D eigenvalue weighted by Gasteiger charge is 2.21. The van der Waals surface area contributed by atoms with E-state index < -0.39 is 23.1 Å². The van der Waals surface area contributed by atoms with Crippen molar-refractivity contribution >= 4 is 43.7 Å². The number of aromatic nitrogens is 10. The van der Waals surface area contributed by atoms with Crippen LogP contribution in [0.4, 0.5) is 13.2 Å². The Morgan fingerprint density at radius 3 is 1.82 bits per heavy atom. The Balaban J connectivity index is 0.000000167. The average molecular weight is 936 g/mol. The number of hydrogen-bond acceptors (Lipinski definition) is 11. The Hall–Kier alpha value is -8.04. The number of aryl methyl sites for hydroxylation is 1. The number of fused-ring (bicyclic) bond motifs is 2. The zero-order chi connectivity index (χ0) is 49.0. The zero-order valence-corrected chi connectivity index (χ0v) is 37.0. The van der Waals surface area contributed by atoms with Gasteiger partial charge in [-0.3, -0.25) is 24.3 Å². The first-order valence-electron chi connectivity index (χ1n) is 21.1. The van der Waals surface area contributed by atoms with E-state index in [0.29, 0.717) is 57.3 Å². The molecule has 0 spiro atoms. The van der Waals surface area contributed by atoms with E-state index in [1.807, 2.05) is 26.8 Å². The van der Waals surface area contributed by atoms with Crippen molar-refractivity contribution in [1.82, 2.24) is 54.2 Å². The molecular formula is C46H45F3N12O5S. The van der Waals surface area contributed by atoms with Crippen molar-refractivity contribution in [3.05, 3.63) is 174 Å². The number of halogens is 3. The van der Waals surface area contributed by atoms with Gasteiger partial charge in [-0.15, -0.1) is 0 Å². The van der Waals surface area contributed by atoms with E-state index >= 15 is 0 Å². The highest BCUT2D eigenvalue weighted by Crippen LogP contribution is 2.24. The molecule has 346 valence electrons. The maximum absolute atomic E-state index is 13.2. The third kappa shape index (κ3) is 11.1. The molecule has 3 aromatic carbocycles. The molecule has 9 aromatic rings. The fraction of sp³-hybridized carbons (Fsp3) is 0.174. The highest BCUT2D eigenvalue weighted by molar-refractivity contribution is 7.89. The van der Waals surface area contributed by atoms with Gasteiger partial charge in [-0.1, -0.05) is 31.5 Å². The van der Waals surface area contributed by atoms with Crippen molar-refractivity contribution in [2.75, 3.05) is 7.15 Å². The topological polar surface area (TPSA) is 234 Å². The predicted molar refractivity (Wildman–Crippen MR) is 244 cm³/mol. The standard InChI is InChI=1S/C19H17FN6O.C13H8FN3O2.C13H17N3O2S.CH3F/c1-2-16(17-7-8-22-25-17)24-19(27)15-9-21-11-18-14(15)10-23-26(18)13-5-3-12(20)4-6-13;14-8-1-3-9(4-2-8)17-12-7-15-5-11(13(18)19)10(12)6-16-17;1-3-12(14)13-8-9-16(15-13)19(17,18)11-6-4-10(2)5-7-11;1-2/h3-11,16H,2H2,1H3,(H,22,25)(H,24,27);1-7H,(H,18,19);4-9,12H,3,14H2,1-2H3;1H3/t16-;;12-;/m0.0./s1/i;;;1D. The highest BCUT2D eigenvalue weighted by atomic mass is 32.2. The largest absolute Gasteiger partial charge is 0.478 e. The van der Waals surface area contributed by atoms with Crippen LogP contribution in [0.5, 0.6) is 0 Å². The SMILES string of the molecule is CC[C@H](N)c1ccn(S(=O)(=O)c2ccc(C)cc2)n1.CC[C@H](NC(=O)c1cncc2c1cnn2-c1ccc(F)cc1)c1ccn[nH]1.O=C(O)c1cncc2c1cnn2-c1ccc(F)cc1.[2H]CF. The number of nitrogens with zero attached hydrogens (tertiary/aromatic N) is 9. The number of aromatic amines is 1. The summed E-state index contributed by atoms with van der Waals surface area (Å²) in [6, 6.07) is 21.5. The molecule has 0 fully saturated rings. The molecule has 21 heteroatoms. The van der Waals surface area contributed by atoms with Crippen LogP contribution in [-0.2, 0) is 10.0 Å². The average Bonchev–Trinajstić information content (AvgIpc) is 4.20. The molecule has 1 amide bonds. The van der Waals surface area contributed by atoms with Gasteiger partial charge in [-0.25, -0.2) is 22.9 Å². The minimum atomic E-state index is -3.63. The van der Waals surface area contributed by atoms with E-state index in [0.717, 1.165) is 15.3 Å². The van der Waals surface area contributed by atoms with Gasteiger partial charge in [-0.2, -0.15) is 32.9 Å². The van der Waals surface area contributed by atoms with Crippen LogP contribution in [0.2, 0.25) is 0 Å². The maximum atomic E-state index is 13.2. The van der Waals surface area contributed by atoms with Gasteiger partial charge < -0.3 is 16.2 Å². The van der Waals surface area contributed by atoms with E-state index in [-0.39, 0.29) is 40.1 Å². The molecule has 0 bridgehead atoms. The van der Waals surface area contributed by atoms with Crippen LogP contribution in [0.25, 0.3) is 33.2 Å². The summed E-state index contributed by atoms with van der Waals surface area (Å²) in [6.45, 7) is 5.82. The smallest absolute Gasteiger partial charge is 0.338 e. The molecule has 6 aromatic heterocycles. The number of amides is 1. The van der Waals surface area contributed by atoms with E-state index in [1.165, 1.54) is 59.9 Å². The number of carbonyl (C=O) groups excluding carboxylic acids is 1. The normalized spacial score (nSPS) is 12.1. The molecule has 0 unspecified atom stereocenters. The lowest BCUT2D eigenvalue weighted by molar-refractivity contribution is 0.0698. The number of aromatic carboxylic acids is 1. The van der Waals surface area contributed by atoms with Gasteiger partial charge >= 0.3 is 5.97 Å². The minimum Gasteiger partial charge on any atom is -0.478 e. The number of alkyl halides is 1. The molecule has 0 saturated heterocycles. The summed E-state index contributed by atoms with van der Waals surface area (Å²) in [6.07, 6.45) is 13.5. The van der Waals surface area contributed by atoms with Crippen molar-refractivity contribution in [2.24, 2.45) is 5.73 Å². The van der Waals surface area contributed by atoms with Crippen molar-refractivity contribution in [2.45, 2.75) is 50.6 Å². The van der Waals surface area contributed by atoms with E-state index in [4.69, 9.17) is 12.2 Å². The van der Waals surface area contributed by atoms with Gasteiger partial charge in [0.2, 0.25) is 0 Å². The number of carboxylic acids is 1. The Kier molecular flexibility index (Phi) is 15.2. The lowest BCUT2D eigenvalue weighted by atomic mass is 10.1. The minimum absolute atomic E-state index is 0.0888. The van der Waals surface area contributed by atoms with Gasteiger partial charge in [0.25, 0.3) is 15.9 Å². The quantitative estimate of drug-likeness (QED) is 0.0971. The molecule has 67 heavy (non-hydrogen) atoms. The number of nitrogens with two attached hydrogens (primary N) is 1. The summed E-state index contributed by atoms with van der Waals surface area (Å²) in [7, 11) is -4.63. The van der Waals surface area contributed by atoms with E-state index in [9.17, 15) is 31.2 Å². The molecule has 0 aliphatic rings. The number of carboxylic acid groups (broad SMARTS) is 1. The van der Waals surface area contributed by atoms with Gasteiger partial charge in [0, 0.05) is 41.6 Å². The summed E-state index contributed by atoms with van der Waals surface area (Å²) in [4.78, 5) is 32.2. The summed E-state index contributed by atoms with van der Waals surface area (Å²) < 4.78 is 70.4. The lowest BCUT2D eigenvalue weighted by Crippen LogP contribution is -2.28. The van der Waals surface area contributed by atoms with Crippen LogP contribution in [0, 0.1) is 18.6 Å². The molecule has 6 heterocycles.